The SMILES string of the molecule is [2H]C([Se]c1ccccc1)[Se]c1ccccc1. The van der Waals surface area contributed by atoms with E-state index in [0.29, 0.717) is 0 Å². The Labute approximate surface area is 105 Å². The third kappa shape index (κ3) is 3.85. The average molecular weight is 327 g/mol. The first kappa shape index (κ1) is 9.69. The summed E-state index contributed by atoms with van der Waals surface area (Å²) in [5, 5.41) is 0. The summed E-state index contributed by atoms with van der Waals surface area (Å²) >= 11 is 0.550. The van der Waals surface area contributed by atoms with Crippen LogP contribution >= 0.6 is 0 Å². The minimum absolute atomic E-state index is 0.0739. The standard InChI is InChI=1S/C13H12Se2/c1-3-7-12(8-4-1)14-11-15-13-9-5-2-6-10-13/h1-10H,11H2/i11D. The predicted octanol–water partition coefficient (Wildman–Crippen LogP) is 1.42. The molecule has 0 aliphatic rings. The first-order chi connectivity index (χ1) is 7.84. The molecule has 0 radical (unpaired) electrons. The van der Waals surface area contributed by atoms with Gasteiger partial charge in [0.25, 0.3) is 0 Å². The molecular weight excluding hydrogens is 314 g/mol. The van der Waals surface area contributed by atoms with E-state index >= 15 is 0 Å². The van der Waals surface area contributed by atoms with Gasteiger partial charge in [0.1, 0.15) is 0 Å². The van der Waals surface area contributed by atoms with Gasteiger partial charge in [0.2, 0.25) is 0 Å². The van der Waals surface area contributed by atoms with Crippen molar-refractivity contribution in [3.63, 3.8) is 0 Å². The molecule has 15 heavy (non-hydrogen) atoms. The van der Waals surface area contributed by atoms with Crippen LogP contribution in [0.15, 0.2) is 60.7 Å². The fraction of sp³-hybridized carbons (Fsp3) is 0.0769. The van der Waals surface area contributed by atoms with Gasteiger partial charge in [0.05, 0.1) is 0 Å². The summed E-state index contributed by atoms with van der Waals surface area (Å²) < 4.78 is 10.8. The zero-order valence-corrected chi connectivity index (χ0v) is 11.6. The Morgan fingerprint density at radius 3 is 1.53 bits per heavy atom. The van der Waals surface area contributed by atoms with E-state index in [9.17, 15) is 0 Å². The number of rotatable bonds is 4. The summed E-state index contributed by atoms with van der Waals surface area (Å²) in [6.07, 6.45) is 0. The van der Waals surface area contributed by atoms with Crippen molar-refractivity contribution in [2.45, 2.75) is 4.19 Å². The Hall–Kier alpha value is -0.521. The fourth-order valence-electron chi connectivity index (χ4n) is 1.13. The van der Waals surface area contributed by atoms with Crippen LogP contribution in [0.3, 0.4) is 0 Å². The Morgan fingerprint density at radius 2 is 1.13 bits per heavy atom. The summed E-state index contributed by atoms with van der Waals surface area (Å²) in [5.41, 5.74) is 0. The third-order valence-corrected chi connectivity index (χ3v) is 6.64. The Morgan fingerprint density at radius 1 is 0.733 bits per heavy atom. The summed E-state index contributed by atoms with van der Waals surface area (Å²) in [4.78, 5) is 0. The number of hydrogen-bond donors (Lipinski definition) is 0. The van der Waals surface area contributed by atoms with E-state index in [0.717, 1.165) is 0 Å². The van der Waals surface area contributed by atoms with Gasteiger partial charge < -0.3 is 0 Å². The molecule has 0 bridgehead atoms. The topological polar surface area (TPSA) is 0 Å². The van der Waals surface area contributed by atoms with Crippen molar-refractivity contribution in [3.05, 3.63) is 60.7 Å². The zero-order valence-electron chi connectivity index (χ0n) is 9.17. The van der Waals surface area contributed by atoms with E-state index in [4.69, 9.17) is 1.37 Å². The van der Waals surface area contributed by atoms with Gasteiger partial charge >= 0.3 is 105 Å². The van der Waals surface area contributed by atoms with Crippen molar-refractivity contribution in [3.8, 4) is 0 Å². The Balaban J connectivity index is 1.92. The molecular formula is C13H12Se2. The van der Waals surface area contributed by atoms with Crippen LogP contribution in [-0.2, 0) is 0 Å². The van der Waals surface area contributed by atoms with E-state index < -0.39 is 0 Å². The van der Waals surface area contributed by atoms with Crippen LogP contribution in [0.2, 0.25) is 4.19 Å². The first-order valence-electron chi connectivity index (χ1n) is 5.28. The molecule has 2 heteroatoms. The molecule has 0 aliphatic heterocycles. The van der Waals surface area contributed by atoms with Crippen molar-refractivity contribution in [2.24, 2.45) is 0 Å². The van der Waals surface area contributed by atoms with Crippen LogP contribution < -0.4 is 8.92 Å². The van der Waals surface area contributed by atoms with Crippen molar-refractivity contribution >= 4 is 38.8 Å². The maximum absolute atomic E-state index is 8.10. The molecule has 0 saturated heterocycles. The number of benzene rings is 2. The molecule has 2 aromatic carbocycles. The molecule has 0 fully saturated rings. The molecule has 2 aromatic rings. The Bertz CT molecular complexity index is 375. The van der Waals surface area contributed by atoms with Crippen LogP contribution in [0.4, 0.5) is 0 Å². The van der Waals surface area contributed by atoms with Crippen molar-refractivity contribution < 1.29 is 1.37 Å². The molecule has 0 heterocycles. The van der Waals surface area contributed by atoms with E-state index in [1.165, 1.54) is 8.92 Å². The monoisotopic (exact) mass is 329 g/mol. The van der Waals surface area contributed by atoms with Crippen molar-refractivity contribution in [1.29, 1.82) is 0 Å². The second-order valence-electron chi connectivity index (χ2n) is 2.96. The van der Waals surface area contributed by atoms with Gasteiger partial charge in [-0.3, -0.25) is 0 Å². The number of hydrogen-bond acceptors (Lipinski definition) is 0. The van der Waals surface area contributed by atoms with E-state index in [1.807, 2.05) is 12.1 Å². The second-order valence-corrected chi connectivity index (χ2v) is 8.43. The molecule has 0 nitrogen and oxygen atoms in total. The molecule has 76 valence electrons. The molecule has 0 amide bonds. The molecule has 0 atom stereocenters. The van der Waals surface area contributed by atoms with Gasteiger partial charge in [-0.05, 0) is 0 Å². The van der Waals surface area contributed by atoms with Crippen LogP contribution in [0, 0.1) is 0 Å². The molecule has 2 rings (SSSR count). The van der Waals surface area contributed by atoms with Crippen LogP contribution in [0.5, 0.6) is 0 Å². The van der Waals surface area contributed by atoms with Crippen molar-refractivity contribution in [1.82, 2.24) is 0 Å². The summed E-state index contributed by atoms with van der Waals surface area (Å²) in [6, 6.07) is 20.8. The van der Waals surface area contributed by atoms with Gasteiger partial charge in [0, 0.05) is 0 Å². The molecule has 0 N–H and O–H groups in total. The maximum atomic E-state index is 8.10. The van der Waals surface area contributed by atoms with E-state index in [-0.39, 0.29) is 34.1 Å². The fourth-order valence-corrected chi connectivity index (χ4v) is 5.97. The quantitative estimate of drug-likeness (QED) is 0.745. The van der Waals surface area contributed by atoms with Gasteiger partial charge in [-0.25, -0.2) is 0 Å². The predicted molar refractivity (Wildman–Crippen MR) is 68.5 cm³/mol. The average Bonchev–Trinajstić information content (AvgIpc) is 2.31. The zero-order chi connectivity index (χ0) is 11.2. The van der Waals surface area contributed by atoms with E-state index in [2.05, 4.69) is 48.5 Å². The summed E-state index contributed by atoms with van der Waals surface area (Å²) in [5.74, 6) is 0. The van der Waals surface area contributed by atoms with Gasteiger partial charge in [0.15, 0.2) is 0 Å². The Kier molecular flexibility index (Phi) is 3.97. The third-order valence-electron chi connectivity index (χ3n) is 1.85. The molecule has 0 saturated carbocycles. The van der Waals surface area contributed by atoms with Gasteiger partial charge in [-0.15, -0.1) is 0 Å². The minimum atomic E-state index is 0.0739. The van der Waals surface area contributed by atoms with E-state index in [1.54, 1.807) is 0 Å². The molecule has 0 unspecified atom stereocenters. The normalized spacial score (nSPS) is 11.4. The van der Waals surface area contributed by atoms with Crippen molar-refractivity contribution in [2.75, 3.05) is 0 Å². The van der Waals surface area contributed by atoms with Crippen LogP contribution in [0.1, 0.15) is 1.37 Å². The summed E-state index contributed by atoms with van der Waals surface area (Å²) in [7, 11) is 0. The summed E-state index contributed by atoms with van der Waals surface area (Å²) in [6.45, 7) is 0. The molecule has 0 aliphatic carbocycles. The van der Waals surface area contributed by atoms with Crippen LogP contribution in [-0.4, -0.2) is 29.9 Å². The van der Waals surface area contributed by atoms with Gasteiger partial charge in [-0.1, -0.05) is 0 Å². The van der Waals surface area contributed by atoms with Crippen LogP contribution in [0.25, 0.3) is 0 Å². The second kappa shape index (κ2) is 6.15. The molecule has 0 spiro atoms. The van der Waals surface area contributed by atoms with Gasteiger partial charge in [-0.2, -0.15) is 0 Å². The molecule has 0 aromatic heterocycles. The first-order valence-corrected chi connectivity index (χ1v) is 8.39.